The zero-order valence-corrected chi connectivity index (χ0v) is 25.8. The first-order valence-corrected chi connectivity index (χ1v) is 15.6. The van der Waals surface area contributed by atoms with Crippen LogP contribution in [0, 0.1) is 28.1 Å². The van der Waals surface area contributed by atoms with Gasteiger partial charge in [0.2, 0.25) is 0 Å². The van der Waals surface area contributed by atoms with Gasteiger partial charge in [0.1, 0.15) is 36.6 Å². The van der Waals surface area contributed by atoms with Gasteiger partial charge < -0.3 is 49.6 Å². The highest BCUT2D eigenvalue weighted by Gasteiger charge is 2.61. The van der Waals surface area contributed by atoms with Gasteiger partial charge in [0.25, 0.3) is 0 Å². The average molecular weight is 597 g/mol. The molecule has 2 heterocycles. The highest BCUT2D eigenvalue weighted by molar-refractivity contribution is 5.30. The number of allylic oxidation sites excluding steroid dienone is 2. The summed E-state index contributed by atoms with van der Waals surface area (Å²) in [7, 11) is 0. The van der Waals surface area contributed by atoms with Gasteiger partial charge in [-0.2, -0.15) is 0 Å². The molecule has 2 aliphatic heterocycles. The van der Waals surface area contributed by atoms with Crippen molar-refractivity contribution >= 4 is 0 Å². The number of aliphatic hydroxyl groups is 6. The van der Waals surface area contributed by atoms with Crippen LogP contribution in [0.1, 0.15) is 73.6 Å². The van der Waals surface area contributed by atoms with Crippen LogP contribution in [0.15, 0.2) is 24.3 Å². The molecule has 5 rings (SSSR count). The summed E-state index contributed by atoms with van der Waals surface area (Å²) in [5, 5.41) is 62.7. The van der Waals surface area contributed by atoms with E-state index in [2.05, 4.69) is 40.3 Å². The molecule has 10 heteroatoms. The second kappa shape index (κ2) is 11.5. The van der Waals surface area contributed by atoms with E-state index < -0.39 is 72.9 Å². The minimum Gasteiger partial charge on any atom is -0.388 e. The molecule has 4 fully saturated rings. The maximum atomic E-state index is 10.8. The largest absolute Gasteiger partial charge is 0.388 e. The summed E-state index contributed by atoms with van der Waals surface area (Å²) in [5.74, 6) is 0.308. The number of aliphatic hydroxyl groups excluding tert-OH is 6. The number of hydrogen-bond donors (Lipinski definition) is 6. The summed E-state index contributed by atoms with van der Waals surface area (Å²) < 4.78 is 24.7. The van der Waals surface area contributed by atoms with Gasteiger partial charge in [-0.25, -0.2) is 0 Å². The van der Waals surface area contributed by atoms with E-state index in [9.17, 15) is 30.6 Å². The predicted molar refractivity (Wildman–Crippen MR) is 153 cm³/mol. The van der Waals surface area contributed by atoms with Crippen LogP contribution >= 0.6 is 0 Å². The molecule has 2 saturated heterocycles. The molecular weight excluding hydrogens is 544 g/mol. The topological polar surface area (TPSA) is 158 Å². The van der Waals surface area contributed by atoms with Crippen molar-refractivity contribution in [1.82, 2.24) is 0 Å². The molecule has 5 aliphatic rings. The summed E-state index contributed by atoms with van der Waals surface area (Å²) in [4.78, 5) is 0. The van der Waals surface area contributed by atoms with Gasteiger partial charge in [-0.15, -0.1) is 6.58 Å². The van der Waals surface area contributed by atoms with Crippen molar-refractivity contribution < 1.29 is 49.6 Å². The minimum absolute atomic E-state index is 0.0817. The molecule has 16 atom stereocenters. The monoisotopic (exact) mass is 596 g/mol. The van der Waals surface area contributed by atoms with Crippen molar-refractivity contribution in [1.29, 1.82) is 0 Å². The summed E-state index contributed by atoms with van der Waals surface area (Å²) in [5.41, 5.74) is 0.486. The van der Waals surface area contributed by atoms with E-state index in [-0.39, 0.29) is 28.8 Å². The molecule has 0 unspecified atom stereocenters. The lowest BCUT2D eigenvalue weighted by atomic mass is 9.44. The van der Waals surface area contributed by atoms with E-state index in [1.54, 1.807) is 13.8 Å². The molecule has 2 saturated carbocycles. The standard InChI is InChI=1S/C32H52O10/c1-8-31(6)11-9-18-17(14-31)19(41-28-26(37)24(35)22(33)15(2)39-28)13-20-30(4,5)21(10-12-32(18,20)7)42-29-27(38)25(36)23(34)16(3)40-29/h8,14-16,18-29,33-38H,1,9-13H2,2-7H3/t15-,16+,18-,19+,20-,21-,22+,23+,24+,25-,26-,27-,28+,29+,31-,32+/m1/s1. The van der Waals surface area contributed by atoms with Crippen LogP contribution in [0.25, 0.3) is 0 Å². The Hall–Kier alpha value is -0.920. The molecule has 0 aromatic rings. The fraction of sp³-hybridized carbons (Fsp3) is 0.875. The zero-order chi connectivity index (χ0) is 30.9. The van der Waals surface area contributed by atoms with Crippen molar-refractivity contribution in [2.24, 2.45) is 28.1 Å². The lowest BCUT2D eigenvalue weighted by molar-refractivity contribution is -0.326. The molecule has 0 aromatic carbocycles. The predicted octanol–water partition coefficient (Wildman–Crippen LogP) is 1.79. The number of rotatable bonds is 5. The molecule has 0 amide bonds. The van der Waals surface area contributed by atoms with Crippen LogP contribution in [0.4, 0.5) is 0 Å². The van der Waals surface area contributed by atoms with Crippen molar-refractivity contribution in [3.63, 3.8) is 0 Å². The molecule has 0 radical (unpaired) electrons. The maximum Gasteiger partial charge on any atom is 0.187 e. The Morgan fingerprint density at radius 1 is 0.786 bits per heavy atom. The second-order valence-corrected chi connectivity index (χ2v) is 14.7. The smallest absolute Gasteiger partial charge is 0.187 e. The Bertz CT molecular complexity index is 1030. The molecule has 0 bridgehead atoms. The average Bonchev–Trinajstić information content (AvgIpc) is 2.94. The van der Waals surface area contributed by atoms with Crippen molar-refractivity contribution in [3.05, 3.63) is 24.3 Å². The first-order valence-electron chi connectivity index (χ1n) is 15.6. The lowest BCUT2D eigenvalue weighted by Crippen LogP contribution is -2.63. The van der Waals surface area contributed by atoms with Crippen LogP contribution in [0.2, 0.25) is 0 Å². The van der Waals surface area contributed by atoms with Crippen molar-refractivity contribution in [2.45, 2.75) is 147 Å². The zero-order valence-electron chi connectivity index (χ0n) is 25.8. The fourth-order valence-electron chi connectivity index (χ4n) is 8.72. The van der Waals surface area contributed by atoms with Crippen LogP contribution in [0.3, 0.4) is 0 Å². The molecule has 0 spiro atoms. The molecule has 3 aliphatic carbocycles. The van der Waals surface area contributed by atoms with Crippen molar-refractivity contribution in [2.75, 3.05) is 0 Å². The third-order valence-electron chi connectivity index (χ3n) is 11.6. The van der Waals surface area contributed by atoms with E-state index in [4.69, 9.17) is 18.9 Å². The molecule has 10 nitrogen and oxygen atoms in total. The Kier molecular flexibility index (Phi) is 8.86. The maximum absolute atomic E-state index is 10.8. The van der Waals surface area contributed by atoms with E-state index in [0.29, 0.717) is 6.42 Å². The normalized spacial score (nSPS) is 54.3. The lowest BCUT2D eigenvalue weighted by Gasteiger charge is -2.63. The fourth-order valence-corrected chi connectivity index (χ4v) is 8.72. The third-order valence-corrected chi connectivity index (χ3v) is 11.6. The summed E-state index contributed by atoms with van der Waals surface area (Å²) in [6.45, 7) is 16.2. The van der Waals surface area contributed by atoms with Gasteiger partial charge in [0, 0.05) is 5.41 Å². The molecule has 240 valence electrons. The highest BCUT2D eigenvalue weighted by Crippen LogP contribution is 2.65. The van der Waals surface area contributed by atoms with E-state index >= 15 is 0 Å². The Balaban J connectivity index is 1.45. The number of fused-ring (bicyclic) bond motifs is 3. The van der Waals surface area contributed by atoms with E-state index in [0.717, 1.165) is 25.7 Å². The second-order valence-electron chi connectivity index (χ2n) is 14.7. The third kappa shape index (κ3) is 5.33. The first kappa shape index (κ1) is 32.5. The Labute approximate surface area is 249 Å². The quantitative estimate of drug-likeness (QED) is 0.204. The Morgan fingerprint density at radius 3 is 1.88 bits per heavy atom. The van der Waals surface area contributed by atoms with Gasteiger partial charge in [-0.1, -0.05) is 39.8 Å². The summed E-state index contributed by atoms with van der Waals surface area (Å²) in [6, 6.07) is 0. The van der Waals surface area contributed by atoms with Gasteiger partial charge in [-0.3, -0.25) is 0 Å². The summed E-state index contributed by atoms with van der Waals surface area (Å²) in [6.07, 6.45) is -3.84. The van der Waals surface area contributed by atoms with Gasteiger partial charge in [0.05, 0.1) is 24.4 Å². The Morgan fingerprint density at radius 2 is 1.33 bits per heavy atom. The van der Waals surface area contributed by atoms with Crippen molar-refractivity contribution in [3.8, 4) is 0 Å². The van der Waals surface area contributed by atoms with Crippen LogP contribution in [-0.2, 0) is 18.9 Å². The SMILES string of the molecule is C=C[C@@]1(C)C=C2[C@@H](O[C@@H]3O[C@H](C)[C@H](O)[C@H](O)[C@H]3O)C[C@@H]3C(C)(C)[C@H](O[C@@H]4O[C@@H](C)[C@H](O)[C@@H](O)[C@H]4O)CC[C@@]3(C)[C@@H]2CC1. The van der Waals surface area contributed by atoms with Gasteiger partial charge >= 0.3 is 0 Å². The summed E-state index contributed by atoms with van der Waals surface area (Å²) >= 11 is 0. The molecule has 6 N–H and O–H groups in total. The van der Waals surface area contributed by atoms with E-state index in [1.165, 1.54) is 5.57 Å². The molecular formula is C32H52O10. The molecule has 42 heavy (non-hydrogen) atoms. The minimum atomic E-state index is -1.40. The number of ether oxygens (including phenoxy) is 4. The molecule has 0 aromatic heterocycles. The highest BCUT2D eigenvalue weighted by atomic mass is 16.7. The van der Waals surface area contributed by atoms with Crippen LogP contribution in [-0.4, -0.2) is 104 Å². The van der Waals surface area contributed by atoms with E-state index in [1.807, 2.05) is 6.08 Å². The van der Waals surface area contributed by atoms with Crippen LogP contribution < -0.4 is 0 Å². The van der Waals surface area contributed by atoms with Gasteiger partial charge in [0.15, 0.2) is 12.6 Å². The van der Waals surface area contributed by atoms with Gasteiger partial charge in [-0.05, 0) is 74.2 Å². The van der Waals surface area contributed by atoms with Crippen LogP contribution in [0.5, 0.6) is 0 Å². The first-order chi connectivity index (χ1) is 19.5. The number of hydrogen-bond acceptors (Lipinski definition) is 10.